The maximum atomic E-state index is 13.7. The third kappa shape index (κ3) is 3.45. The largest absolute Gasteiger partial charge is 0.494 e. The molecule has 0 bridgehead atoms. The highest BCUT2D eigenvalue weighted by molar-refractivity contribution is 5.95. The van der Waals surface area contributed by atoms with Crippen molar-refractivity contribution in [3.63, 3.8) is 0 Å². The number of ether oxygens (including phenoxy) is 1. The van der Waals surface area contributed by atoms with Crippen LogP contribution < -0.4 is 4.74 Å². The first-order chi connectivity index (χ1) is 10.4. The Balaban J connectivity index is 2.18. The maximum absolute atomic E-state index is 13.7. The summed E-state index contributed by atoms with van der Waals surface area (Å²) in [6.07, 6.45) is 0. The molecule has 2 rings (SSSR count). The molecular formula is C18H20FNO2. The summed E-state index contributed by atoms with van der Waals surface area (Å²) in [6, 6.07) is 10.5. The first-order valence-electron chi connectivity index (χ1n) is 7.07. The second-order valence-electron chi connectivity index (χ2n) is 5.45. The van der Waals surface area contributed by atoms with Crippen molar-refractivity contribution in [3.8, 4) is 5.75 Å². The Morgan fingerprint density at radius 3 is 2.55 bits per heavy atom. The molecule has 0 aliphatic carbocycles. The lowest BCUT2D eigenvalue weighted by molar-refractivity contribution is 0.0784. The number of methoxy groups -OCH3 is 1. The average Bonchev–Trinajstić information content (AvgIpc) is 2.49. The molecule has 4 heteroatoms. The van der Waals surface area contributed by atoms with E-state index in [2.05, 4.69) is 0 Å². The fraction of sp³-hybridized carbons (Fsp3) is 0.278. The fourth-order valence-electron chi connectivity index (χ4n) is 2.33. The quantitative estimate of drug-likeness (QED) is 0.861. The smallest absolute Gasteiger partial charge is 0.254 e. The molecule has 1 amide bonds. The van der Waals surface area contributed by atoms with Crippen LogP contribution in [-0.2, 0) is 6.54 Å². The first-order valence-corrected chi connectivity index (χ1v) is 7.07. The van der Waals surface area contributed by atoms with Crippen LogP contribution in [0.5, 0.6) is 5.75 Å². The van der Waals surface area contributed by atoms with Crippen LogP contribution in [0.1, 0.15) is 27.0 Å². The molecule has 0 fully saturated rings. The molecule has 2 aromatic carbocycles. The van der Waals surface area contributed by atoms with Crippen molar-refractivity contribution in [2.45, 2.75) is 20.4 Å². The highest BCUT2D eigenvalue weighted by Gasteiger charge is 2.15. The van der Waals surface area contributed by atoms with Crippen molar-refractivity contribution in [2.75, 3.05) is 14.2 Å². The minimum Gasteiger partial charge on any atom is -0.494 e. The lowest BCUT2D eigenvalue weighted by Gasteiger charge is -2.19. The number of benzene rings is 2. The van der Waals surface area contributed by atoms with Crippen molar-refractivity contribution in [1.29, 1.82) is 0 Å². The molecule has 0 aliphatic rings. The molecule has 0 aromatic heterocycles. The predicted octanol–water partition coefficient (Wildman–Crippen LogP) is 3.72. The molecule has 3 nitrogen and oxygen atoms in total. The van der Waals surface area contributed by atoms with E-state index in [1.165, 1.54) is 13.2 Å². The second-order valence-corrected chi connectivity index (χ2v) is 5.45. The number of rotatable bonds is 4. The van der Waals surface area contributed by atoms with E-state index in [-0.39, 0.29) is 11.7 Å². The Morgan fingerprint density at radius 2 is 1.91 bits per heavy atom. The van der Waals surface area contributed by atoms with Crippen LogP contribution in [0.25, 0.3) is 0 Å². The topological polar surface area (TPSA) is 29.5 Å². The fourth-order valence-corrected chi connectivity index (χ4v) is 2.33. The van der Waals surface area contributed by atoms with E-state index in [9.17, 15) is 9.18 Å². The molecular weight excluding hydrogens is 281 g/mol. The number of hydrogen-bond acceptors (Lipinski definition) is 2. The van der Waals surface area contributed by atoms with Crippen LogP contribution in [0.3, 0.4) is 0 Å². The summed E-state index contributed by atoms with van der Waals surface area (Å²) >= 11 is 0. The SMILES string of the molecule is COc1ccc(CN(C)C(=O)c2cc(C)ccc2C)cc1F. The highest BCUT2D eigenvalue weighted by Crippen LogP contribution is 2.19. The molecule has 0 N–H and O–H groups in total. The third-order valence-electron chi connectivity index (χ3n) is 3.61. The second kappa shape index (κ2) is 6.60. The number of hydrogen-bond donors (Lipinski definition) is 0. The highest BCUT2D eigenvalue weighted by atomic mass is 19.1. The summed E-state index contributed by atoms with van der Waals surface area (Å²) in [7, 11) is 3.14. The average molecular weight is 301 g/mol. The van der Waals surface area contributed by atoms with Crippen molar-refractivity contribution in [3.05, 3.63) is 64.5 Å². The summed E-state index contributed by atoms with van der Waals surface area (Å²) in [4.78, 5) is 14.1. The zero-order valence-corrected chi connectivity index (χ0v) is 13.3. The number of halogens is 1. The van der Waals surface area contributed by atoms with Crippen molar-refractivity contribution in [2.24, 2.45) is 0 Å². The predicted molar refractivity (Wildman–Crippen MR) is 84.7 cm³/mol. The first kappa shape index (κ1) is 16.0. The standard InChI is InChI=1S/C18H20FNO2/c1-12-5-6-13(2)15(9-12)18(21)20(3)11-14-7-8-17(22-4)16(19)10-14/h5-10H,11H2,1-4H3. The van der Waals surface area contributed by atoms with Crippen LogP contribution in [-0.4, -0.2) is 25.0 Å². The van der Waals surface area contributed by atoms with Crippen molar-refractivity contribution in [1.82, 2.24) is 4.90 Å². The number of nitrogens with zero attached hydrogens (tertiary/aromatic N) is 1. The van der Waals surface area contributed by atoms with Gasteiger partial charge in [-0.25, -0.2) is 4.39 Å². The summed E-state index contributed by atoms with van der Waals surface area (Å²) in [5.41, 5.74) is 3.37. The number of amides is 1. The Labute approximate surface area is 130 Å². The van der Waals surface area contributed by atoms with E-state index in [0.717, 1.165) is 16.7 Å². The van der Waals surface area contributed by atoms with E-state index >= 15 is 0 Å². The Morgan fingerprint density at radius 1 is 1.18 bits per heavy atom. The van der Waals surface area contributed by atoms with Gasteiger partial charge in [-0.3, -0.25) is 4.79 Å². The molecule has 0 unspecified atom stereocenters. The lowest BCUT2D eigenvalue weighted by Crippen LogP contribution is -2.27. The molecule has 0 atom stereocenters. The van der Waals surface area contributed by atoms with Gasteiger partial charge in [0, 0.05) is 19.2 Å². The summed E-state index contributed by atoms with van der Waals surface area (Å²) in [5, 5.41) is 0. The summed E-state index contributed by atoms with van der Waals surface area (Å²) in [5.74, 6) is -0.294. The van der Waals surface area contributed by atoms with E-state index in [1.807, 2.05) is 32.0 Å². The van der Waals surface area contributed by atoms with Gasteiger partial charge in [0.1, 0.15) is 0 Å². The molecule has 0 heterocycles. The van der Waals surface area contributed by atoms with Crippen LogP contribution in [0.4, 0.5) is 4.39 Å². The van der Waals surface area contributed by atoms with Gasteiger partial charge in [-0.05, 0) is 43.2 Å². The van der Waals surface area contributed by atoms with E-state index < -0.39 is 5.82 Å². The van der Waals surface area contributed by atoms with Gasteiger partial charge in [0.2, 0.25) is 0 Å². The van der Waals surface area contributed by atoms with E-state index in [4.69, 9.17) is 4.74 Å². The lowest BCUT2D eigenvalue weighted by atomic mass is 10.0. The van der Waals surface area contributed by atoms with Crippen LogP contribution >= 0.6 is 0 Å². The Hall–Kier alpha value is -2.36. The number of aryl methyl sites for hydroxylation is 2. The zero-order chi connectivity index (χ0) is 16.3. The minimum atomic E-state index is -0.424. The maximum Gasteiger partial charge on any atom is 0.254 e. The van der Waals surface area contributed by atoms with Crippen molar-refractivity contribution >= 4 is 5.91 Å². The molecule has 0 saturated heterocycles. The van der Waals surface area contributed by atoms with Gasteiger partial charge in [-0.15, -0.1) is 0 Å². The summed E-state index contributed by atoms with van der Waals surface area (Å²) in [6.45, 7) is 4.20. The molecule has 22 heavy (non-hydrogen) atoms. The van der Waals surface area contributed by atoms with Crippen LogP contribution in [0.15, 0.2) is 36.4 Å². The van der Waals surface area contributed by atoms with Gasteiger partial charge >= 0.3 is 0 Å². The van der Waals surface area contributed by atoms with E-state index in [1.54, 1.807) is 24.1 Å². The van der Waals surface area contributed by atoms with Gasteiger partial charge in [0.05, 0.1) is 7.11 Å². The van der Waals surface area contributed by atoms with Gasteiger partial charge in [0.15, 0.2) is 11.6 Å². The number of carbonyl (C=O) groups excluding carboxylic acids is 1. The molecule has 0 radical (unpaired) electrons. The molecule has 116 valence electrons. The van der Waals surface area contributed by atoms with Crippen LogP contribution in [0, 0.1) is 19.7 Å². The monoisotopic (exact) mass is 301 g/mol. The van der Waals surface area contributed by atoms with Gasteiger partial charge in [-0.2, -0.15) is 0 Å². The van der Waals surface area contributed by atoms with Gasteiger partial charge in [0.25, 0.3) is 5.91 Å². The van der Waals surface area contributed by atoms with Crippen molar-refractivity contribution < 1.29 is 13.9 Å². The molecule has 0 spiro atoms. The third-order valence-corrected chi connectivity index (χ3v) is 3.61. The van der Waals surface area contributed by atoms with Crippen LogP contribution in [0.2, 0.25) is 0 Å². The Kier molecular flexibility index (Phi) is 4.81. The molecule has 0 saturated carbocycles. The molecule has 0 aliphatic heterocycles. The molecule has 2 aromatic rings. The minimum absolute atomic E-state index is 0.0718. The van der Waals surface area contributed by atoms with Gasteiger partial charge < -0.3 is 9.64 Å². The zero-order valence-electron chi connectivity index (χ0n) is 13.3. The normalized spacial score (nSPS) is 10.4. The summed E-state index contributed by atoms with van der Waals surface area (Å²) < 4.78 is 18.6. The Bertz CT molecular complexity index is 697. The van der Waals surface area contributed by atoms with E-state index in [0.29, 0.717) is 12.1 Å². The van der Waals surface area contributed by atoms with Gasteiger partial charge in [-0.1, -0.05) is 23.8 Å². The number of carbonyl (C=O) groups is 1.